The van der Waals surface area contributed by atoms with E-state index in [1.165, 1.54) is 0 Å². The van der Waals surface area contributed by atoms with E-state index in [4.69, 9.17) is 2.74 Å². The largest absolute Gasteiger partial charge is 0.370 e. The SMILES string of the molecule is [2H]C([2H])(n1ccnc1)C(O)(P(=O)(O)O)P(=O)(OC)N(C)C. The Morgan fingerprint density at radius 2 is 2.11 bits per heavy atom. The topological polar surface area (TPSA) is 125 Å². The maximum absolute atomic E-state index is 12.8. The van der Waals surface area contributed by atoms with Gasteiger partial charge in [-0.3, -0.25) is 9.13 Å². The third-order valence-electron chi connectivity index (χ3n) is 2.36. The minimum atomic E-state index is -5.64. The summed E-state index contributed by atoms with van der Waals surface area (Å²) in [6, 6.07) is 0. The van der Waals surface area contributed by atoms with E-state index in [-0.39, 0.29) is 0 Å². The normalized spacial score (nSPS) is 21.4. The minimum absolute atomic E-state index is 0.612. The second-order valence-electron chi connectivity index (χ2n) is 3.81. The lowest BCUT2D eigenvalue weighted by Gasteiger charge is -2.37. The van der Waals surface area contributed by atoms with E-state index >= 15 is 0 Å². The molecule has 1 aromatic heterocycles. The Kier molecular flexibility index (Phi) is 3.86. The summed E-state index contributed by atoms with van der Waals surface area (Å²) >= 11 is 0. The fourth-order valence-corrected chi connectivity index (χ4v) is 5.09. The van der Waals surface area contributed by atoms with Crippen LogP contribution in [0.25, 0.3) is 0 Å². The van der Waals surface area contributed by atoms with Gasteiger partial charge < -0.3 is 24.0 Å². The van der Waals surface area contributed by atoms with Crippen molar-refractivity contribution in [3.63, 3.8) is 0 Å². The Bertz CT molecular complexity index is 589. The summed E-state index contributed by atoms with van der Waals surface area (Å²) in [5, 5.41) is 6.89. The molecule has 0 bridgehead atoms. The predicted octanol–water partition coefficient (Wildman–Crippen LogP) is 0.108. The lowest BCUT2D eigenvalue weighted by Crippen LogP contribution is -2.38. The molecule has 1 heterocycles. The Morgan fingerprint density at radius 3 is 2.42 bits per heavy atom. The van der Waals surface area contributed by atoms with Gasteiger partial charge in [0.1, 0.15) is 0 Å². The van der Waals surface area contributed by atoms with Crippen LogP contribution in [0.1, 0.15) is 2.74 Å². The van der Waals surface area contributed by atoms with Crippen molar-refractivity contribution >= 4 is 15.1 Å². The van der Waals surface area contributed by atoms with Crippen LogP contribution in [0.5, 0.6) is 0 Å². The van der Waals surface area contributed by atoms with Gasteiger partial charge in [-0.25, -0.2) is 9.65 Å². The molecule has 11 heteroatoms. The summed E-state index contributed by atoms with van der Waals surface area (Å²) in [5.41, 5.74) is 0. The van der Waals surface area contributed by atoms with E-state index in [2.05, 4.69) is 9.51 Å². The van der Waals surface area contributed by atoms with Crippen molar-refractivity contribution in [3.05, 3.63) is 18.7 Å². The van der Waals surface area contributed by atoms with Gasteiger partial charge in [0.25, 0.3) is 5.08 Å². The average Bonchev–Trinajstić information content (AvgIpc) is 2.89. The zero-order valence-corrected chi connectivity index (χ0v) is 12.3. The van der Waals surface area contributed by atoms with Crippen LogP contribution in [-0.2, 0) is 20.2 Å². The Labute approximate surface area is 113 Å². The molecular weight excluding hydrogens is 296 g/mol. The molecule has 0 aliphatic carbocycles. The number of imidazole rings is 1. The highest BCUT2D eigenvalue weighted by Crippen LogP contribution is 2.72. The summed E-state index contributed by atoms with van der Waals surface area (Å²) in [5.74, 6) is 0. The molecule has 1 aromatic rings. The van der Waals surface area contributed by atoms with Gasteiger partial charge in [-0.15, -0.1) is 0 Å². The summed E-state index contributed by atoms with van der Waals surface area (Å²) in [4.78, 5) is 22.5. The van der Waals surface area contributed by atoms with Gasteiger partial charge in [0.05, 0.1) is 15.6 Å². The van der Waals surface area contributed by atoms with E-state index in [1.807, 2.05) is 0 Å². The van der Waals surface area contributed by atoms with Crippen LogP contribution in [-0.4, -0.2) is 55.4 Å². The van der Waals surface area contributed by atoms with E-state index in [0.29, 0.717) is 4.57 Å². The molecule has 0 radical (unpaired) electrons. The Hall–Kier alpha value is -0.530. The number of nitrogens with zero attached hydrogens (tertiary/aromatic N) is 3. The van der Waals surface area contributed by atoms with E-state index < -0.39 is 26.7 Å². The molecule has 0 fully saturated rings. The molecule has 0 saturated heterocycles. The van der Waals surface area contributed by atoms with Gasteiger partial charge in [-0.1, -0.05) is 0 Å². The Morgan fingerprint density at radius 1 is 1.53 bits per heavy atom. The summed E-state index contributed by atoms with van der Waals surface area (Å²) < 4.78 is 46.4. The van der Waals surface area contributed by atoms with Gasteiger partial charge in [0.2, 0.25) is 0 Å². The lowest BCUT2D eigenvalue weighted by atomic mass is 10.6. The molecule has 0 spiro atoms. The molecule has 0 aliphatic heterocycles. The third kappa shape index (κ3) is 2.83. The van der Waals surface area contributed by atoms with E-state index in [0.717, 1.165) is 44.6 Å². The van der Waals surface area contributed by atoms with Gasteiger partial charge in [-0.2, -0.15) is 0 Å². The monoisotopic (exact) mass is 315 g/mol. The first-order chi connectivity index (χ1) is 9.36. The summed E-state index contributed by atoms with van der Waals surface area (Å²) in [6.45, 7) is -3.15. The minimum Gasteiger partial charge on any atom is -0.367 e. The first-order valence-corrected chi connectivity index (χ1v) is 8.15. The molecule has 19 heavy (non-hydrogen) atoms. The maximum Gasteiger partial charge on any atom is 0.370 e. The van der Waals surface area contributed by atoms with Crippen molar-refractivity contribution in [2.24, 2.45) is 0 Å². The fourth-order valence-electron chi connectivity index (χ4n) is 1.36. The number of aliphatic hydroxyl groups is 1. The highest BCUT2D eigenvalue weighted by Gasteiger charge is 2.62. The van der Waals surface area contributed by atoms with E-state index in [9.17, 15) is 24.0 Å². The van der Waals surface area contributed by atoms with Gasteiger partial charge in [-0.05, 0) is 14.1 Å². The molecule has 3 N–H and O–H groups in total. The number of aromatic nitrogens is 2. The van der Waals surface area contributed by atoms with Crippen LogP contribution >= 0.6 is 15.1 Å². The predicted molar refractivity (Wildman–Crippen MR) is 67.5 cm³/mol. The molecule has 0 aliphatic rings. The van der Waals surface area contributed by atoms with Crippen molar-refractivity contribution in [1.82, 2.24) is 14.2 Å². The zero-order chi connectivity index (χ0) is 16.7. The van der Waals surface area contributed by atoms with Crippen LogP contribution in [0.3, 0.4) is 0 Å². The van der Waals surface area contributed by atoms with Gasteiger partial charge in [0, 0.05) is 19.5 Å². The standard InChI is InChI=1S/C8H17N3O6P2/c1-10(2)18(13,17-3)8(12,19(14,15)16)6-11-5-4-9-7-11/h4-5,7,12H,6H2,1-3H3,(H2,14,15,16)/i6D2. The fraction of sp³-hybridized carbons (Fsp3) is 0.625. The zero-order valence-electron chi connectivity index (χ0n) is 12.5. The van der Waals surface area contributed by atoms with Crippen molar-refractivity contribution in [3.8, 4) is 0 Å². The highest BCUT2D eigenvalue weighted by atomic mass is 31.2. The highest BCUT2D eigenvalue weighted by molar-refractivity contribution is 7.74. The smallest absolute Gasteiger partial charge is 0.367 e. The molecule has 0 saturated carbocycles. The quantitative estimate of drug-likeness (QED) is 0.632. The molecule has 0 aromatic carbocycles. The van der Waals surface area contributed by atoms with Crippen LogP contribution in [0.4, 0.5) is 0 Å². The van der Waals surface area contributed by atoms with Crippen molar-refractivity contribution in [1.29, 1.82) is 0 Å². The molecule has 2 unspecified atom stereocenters. The van der Waals surface area contributed by atoms with E-state index in [1.54, 1.807) is 0 Å². The second-order valence-corrected chi connectivity index (χ2v) is 8.75. The Balaban J connectivity index is 3.72. The number of hydrogen-bond acceptors (Lipinski definition) is 5. The van der Waals surface area contributed by atoms with Crippen molar-refractivity contribution in [2.45, 2.75) is 11.6 Å². The van der Waals surface area contributed by atoms with Crippen LogP contribution in [0.15, 0.2) is 18.7 Å². The summed E-state index contributed by atoms with van der Waals surface area (Å²) in [6.07, 6.45) is 3.08. The van der Waals surface area contributed by atoms with Crippen LogP contribution in [0, 0.1) is 0 Å². The molecular formula is C8H17N3O6P2. The molecule has 0 amide bonds. The number of hydrogen-bond donors (Lipinski definition) is 3. The van der Waals surface area contributed by atoms with Gasteiger partial charge in [0.15, 0.2) is 0 Å². The van der Waals surface area contributed by atoms with Gasteiger partial charge >= 0.3 is 15.1 Å². The maximum atomic E-state index is 12.8. The van der Waals surface area contributed by atoms with Crippen LogP contribution in [0.2, 0.25) is 0 Å². The molecule has 110 valence electrons. The van der Waals surface area contributed by atoms with Crippen molar-refractivity contribution in [2.75, 3.05) is 21.2 Å². The van der Waals surface area contributed by atoms with Crippen LogP contribution < -0.4 is 0 Å². The first-order valence-electron chi connectivity index (χ1n) is 5.96. The second kappa shape index (κ2) is 5.46. The molecule has 9 nitrogen and oxygen atoms in total. The molecule has 1 rings (SSSR count). The first kappa shape index (κ1) is 13.5. The molecule has 2 atom stereocenters. The number of rotatable bonds is 6. The summed E-state index contributed by atoms with van der Waals surface area (Å²) in [7, 11) is -7.15. The average molecular weight is 315 g/mol. The lowest BCUT2D eigenvalue weighted by molar-refractivity contribution is 0.117. The third-order valence-corrected chi connectivity index (χ3v) is 7.25. The van der Waals surface area contributed by atoms with Crippen molar-refractivity contribution < 1.29 is 31.3 Å².